The van der Waals surface area contributed by atoms with Crippen LogP contribution in [0.3, 0.4) is 0 Å². The lowest BCUT2D eigenvalue weighted by Gasteiger charge is -2.36. The van der Waals surface area contributed by atoms with Gasteiger partial charge in [-0.25, -0.2) is 0 Å². The molecular weight excluding hydrogens is 469 g/mol. The molecule has 0 unspecified atom stereocenters. The van der Waals surface area contributed by atoms with E-state index in [4.69, 9.17) is 27.9 Å². The second kappa shape index (κ2) is 11.1. The average molecular weight is 492 g/mol. The molecule has 0 atom stereocenters. The SMILES string of the molecule is N#C/C(=C/c1ccc(OCc2ccc(Cl)c(Cl)c2)cc1)C(=O)N1CCN(c2ccccc2)CC1. The van der Waals surface area contributed by atoms with Crippen LogP contribution < -0.4 is 9.64 Å². The highest BCUT2D eigenvalue weighted by Crippen LogP contribution is 2.24. The van der Waals surface area contributed by atoms with Crippen LogP contribution in [0.4, 0.5) is 5.69 Å². The van der Waals surface area contributed by atoms with Crippen molar-refractivity contribution in [3.05, 3.63) is 99.5 Å². The molecule has 0 N–H and O–H groups in total. The molecule has 172 valence electrons. The lowest BCUT2D eigenvalue weighted by atomic mass is 10.1. The van der Waals surface area contributed by atoms with Crippen LogP contribution in [0, 0.1) is 11.3 Å². The van der Waals surface area contributed by atoms with Crippen LogP contribution in [-0.2, 0) is 11.4 Å². The summed E-state index contributed by atoms with van der Waals surface area (Å²) in [6.07, 6.45) is 1.62. The van der Waals surface area contributed by atoms with Gasteiger partial charge in [0.2, 0.25) is 0 Å². The summed E-state index contributed by atoms with van der Waals surface area (Å²) < 4.78 is 5.80. The van der Waals surface area contributed by atoms with Crippen LogP contribution in [0.5, 0.6) is 5.75 Å². The van der Waals surface area contributed by atoms with Gasteiger partial charge in [-0.15, -0.1) is 0 Å². The number of para-hydroxylation sites is 1. The molecule has 0 radical (unpaired) electrons. The van der Waals surface area contributed by atoms with E-state index >= 15 is 0 Å². The Hall–Kier alpha value is -3.46. The highest BCUT2D eigenvalue weighted by Gasteiger charge is 2.23. The monoisotopic (exact) mass is 491 g/mol. The van der Waals surface area contributed by atoms with E-state index in [-0.39, 0.29) is 11.5 Å². The van der Waals surface area contributed by atoms with Gasteiger partial charge in [0.25, 0.3) is 5.91 Å². The molecule has 1 aliphatic rings. The third kappa shape index (κ3) is 5.91. The number of ether oxygens (including phenoxy) is 1. The minimum Gasteiger partial charge on any atom is -0.489 e. The Balaban J connectivity index is 1.35. The molecule has 0 bridgehead atoms. The second-order valence-corrected chi connectivity index (χ2v) is 8.71. The molecule has 1 heterocycles. The summed E-state index contributed by atoms with van der Waals surface area (Å²) in [5.74, 6) is 0.431. The van der Waals surface area contributed by atoms with Gasteiger partial charge in [0, 0.05) is 31.9 Å². The van der Waals surface area contributed by atoms with Crippen molar-refractivity contribution < 1.29 is 9.53 Å². The normalized spacial score (nSPS) is 14.0. The maximum atomic E-state index is 12.9. The van der Waals surface area contributed by atoms with Crippen LogP contribution in [0.2, 0.25) is 10.0 Å². The number of piperazine rings is 1. The van der Waals surface area contributed by atoms with Crippen molar-refractivity contribution in [3.63, 3.8) is 0 Å². The van der Waals surface area contributed by atoms with E-state index in [1.165, 1.54) is 0 Å². The quantitative estimate of drug-likeness (QED) is 0.321. The minimum atomic E-state index is -0.241. The molecule has 34 heavy (non-hydrogen) atoms. The number of hydrogen-bond acceptors (Lipinski definition) is 4. The lowest BCUT2D eigenvalue weighted by Crippen LogP contribution is -2.49. The van der Waals surface area contributed by atoms with Gasteiger partial charge in [-0.1, -0.05) is 59.6 Å². The average Bonchev–Trinajstić information content (AvgIpc) is 2.89. The summed E-state index contributed by atoms with van der Waals surface area (Å²) in [6.45, 7) is 2.98. The predicted octanol–water partition coefficient (Wildman–Crippen LogP) is 5.83. The first-order chi connectivity index (χ1) is 16.5. The van der Waals surface area contributed by atoms with Crippen LogP contribution in [0.15, 0.2) is 78.4 Å². The first kappa shape index (κ1) is 23.7. The Bertz CT molecular complexity index is 1210. The van der Waals surface area contributed by atoms with Crippen molar-refractivity contribution in [2.45, 2.75) is 6.61 Å². The van der Waals surface area contributed by atoms with Gasteiger partial charge in [0.1, 0.15) is 24.0 Å². The van der Waals surface area contributed by atoms with Gasteiger partial charge in [-0.05, 0) is 53.6 Å². The number of benzene rings is 3. The first-order valence-corrected chi connectivity index (χ1v) is 11.7. The van der Waals surface area contributed by atoms with E-state index in [9.17, 15) is 10.1 Å². The smallest absolute Gasteiger partial charge is 0.264 e. The number of hydrogen-bond donors (Lipinski definition) is 0. The molecule has 1 saturated heterocycles. The Morgan fingerprint density at radius 3 is 2.29 bits per heavy atom. The van der Waals surface area contributed by atoms with Crippen LogP contribution >= 0.6 is 23.2 Å². The number of rotatable bonds is 6. The van der Waals surface area contributed by atoms with Crippen molar-refractivity contribution in [3.8, 4) is 11.8 Å². The molecule has 3 aromatic rings. The van der Waals surface area contributed by atoms with Crippen molar-refractivity contribution in [1.82, 2.24) is 4.90 Å². The number of nitrogens with zero attached hydrogens (tertiary/aromatic N) is 3. The molecule has 7 heteroatoms. The van der Waals surface area contributed by atoms with Crippen LogP contribution in [0.25, 0.3) is 6.08 Å². The highest BCUT2D eigenvalue weighted by molar-refractivity contribution is 6.42. The van der Waals surface area contributed by atoms with E-state index in [1.54, 1.807) is 23.1 Å². The molecule has 1 fully saturated rings. The Labute approximate surface area is 209 Å². The summed E-state index contributed by atoms with van der Waals surface area (Å²) in [5.41, 5.74) is 2.93. The number of carbonyl (C=O) groups excluding carboxylic acids is 1. The Morgan fingerprint density at radius 1 is 0.941 bits per heavy atom. The van der Waals surface area contributed by atoms with Gasteiger partial charge >= 0.3 is 0 Å². The largest absolute Gasteiger partial charge is 0.489 e. The number of amides is 1. The van der Waals surface area contributed by atoms with E-state index in [0.29, 0.717) is 35.5 Å². The van der Waals surface area contributed by atoms with Gasteiger partial charge in [0.05, 0.1) is 10.0 Å². The Kier molecular flexibility index (Phi) is 7.74. The first-order valence-electron chi connectivity index (χ1n) is 10.9. The minimum absolute atomic E-state index is 0.123. The summed E-state index contributed by atoms with van der Waals surface area (Å²) >= 11 is 12.0. The number of anilines is 1. The molecule has 0 saturated carbocycles. The zero-order chi connectivity index (χ0) is 23.9. The van der Waals surface area contributed by atoms with Gasteiger partial charge in [-0.2, -0.15) is 5.26 Å². The fourth-order valence-electron chi connectivity index (χ4n) is 3.74. The molecular formula is C27H23Cl2N3O2. The maximum absolute atomic E-state index is 12.9. The number of nitriles is 1. The number of carbonyl (C=O) groups is 1. The second-order valence-electron chi connectivity index (χ2n) is 7.89. The molecule has 1 amide bonds. The van der Waals surface area contributed by atoms with Gasteiger partial charge in [0.15, 0.2) is 0 Å². The molecule has 1 aliphatic heterocycles. The molecule has 0 aromatic heterocycles. The highest BCUT2D eigenvalue weighted by atomic mass is 35.5. The third-order valence-corrected chi connectivity index (χ3v) is 6.36. The predicted molar refractivity (Wildman–Crippen MR) is 136 cm³/mol. The summed E-state index contributed by atoms with van der Waals surface area (Å²) in [4.78, 5) is 16.9. The summed E-state index contributed by atoms with van der Waals surface area (Å²) in [6, 6.07) is 24.8. The van der Waals surface area contributed by atoms with E-state index in [0.717, 1.165) is 29.9 Å². The fourth-order valence-corrected chi connectivity index (χ4v) is 4.06. The van der Waals surface area contributed by atoms with E-state index in [1.807, 2.05) is 48.5 Å². The summed E-state index contributed by atoms with van der Waals surface area (Å²) in [5, 5.41) is 10.6. The summed E-state index contributed by atoms with van der Waals surface area (Å²) in [7, 11) is 0. The van der Waals surface area contributed by atoms with Gasteiger partial charge in [-0.3, -0.25) is 4.79 Å². The van der Waals surface area contributed by atoms with Crippen LogP contribution in [-0.4, -0.2) is 37.0 Å². The lowest BCUT2D eigenvalue weighted by molar-refractivity contribution is -0.126. The zero-order valence-electron chi connectivity index (χ0n) is 18.5. The number of halogens is 2. The van der Waals surface area contributed by atoms with Crippen LogP contribution in [0.1, 0.15) is 11.1 Å². The molecule has 5 nitrogen and oxygen atoms in total. The van der Waals surface area contributed by atoms with Crippen molar-refractivity contribution in [2.24, 2.45) is 0 Å². The van der Waals surface area contributed by atoms with Crippen molar-refractivity contribution in [1.29, 1.82) is 5.26 Å². The molecule has 3 aromatic carbocycles. The molecule has 0 aliphatic carbocycles. The topological polar surface area (TPSA) is 56.6 Å². The zero-order valence-corrected chi connectivity index (χ0v) is 20.0. The molecule has 4 rings (SSSR count). The van der Waals surface area contributed by atoms with Crippen molar-refractivity contribution in [2.75, 3.05) is 31.1 Å². The van der Waals surface area contributed by atoms with E-state index < -0.39 is 0 Å². The maximum Gasteiger partial charge on any atom is 0.264 e. The fraction of sp³-hybridized carbons (Fsp3) is 0.185. The Morgan fingerprint density at radius 2 is 1.65 bits per heavy atom. The standard InChI is InChI=1S/C27H23Cl2N3O2/c28-25-11-8-21(17-26(25)29)19-34-24-9-6-20(7-10-24)16-22(18-30)27(33)32-14-12-31(13-15-32)23-4-2-1-3-5-23/h1-11,16-17H,12-15,19H2/b22-16-. The van der Waals surface area contributed by atoms with Crippen molar-refractivity contribution >= 4 is 40.9 Å². The molecule has 0 spiro atoms. The van der Waals surface area contributed by atoms with Gasteiger partial charge < -0.3 is 14.5 Å². The third-order valence-electron chi connectivity index (χ3n) is 5.62. The van der Waals surface area contributed by atoms with E-state index in [2.05, 4.69) is 23.1 Å².